The van der Waals surface area contributed by atoms with Gasteiger partial charge in [-0.3, -0.25) is 0 Å². The summed E-state index contributed by atoms with van der Waals surface area (Å²) in [4.78, 5) is 4.39. The van der Waals surface area contributed by atoms with Crippen LogP contribution in [0.1, 0.15) is 12.8 Å². The summed E-state index contributed by atoms with van der Waals surface area (Å²) in [5.74, 6) is 0. The second-order valence-corrected chi connectivity index (χ2v) is 5.22. The van der Waals surface area contributed by atoms with E-state index in [9.17, 15) is 0 Å². The van der Waals surface area contributed by atoms with Crippen molar-refractivity contribution in [2.45, 2.75) is 23.6 Å². The minimum absolute atomic E-state index is 0.0818. The summed E-state index contributed by atoms with van der Waals surface area (Å²) >= 11 is 1.60. The van der Waals surface area contributed by atoms with Gasteiger partial charge in [0, 0.05) is 12.6 Å². The Labute approximate surface area is 93.0 Å². The average Bonchev–Trinajstić information content (AvgIpc) is 2.65. The van der Waals surface area contributed by atoms with Crippen LogP contribution in [0.3, 0.4) is 0 Å². The van der Waals surface area contributed by atoms with Crippen LogP contribution in [0.2, 0.25) is 0 Å². The molecule has 0 saturated heterocycles. The molecule has 2 aliphatic heterocycles. The van der Waals surface area contributed by atoms with Gasteiger partial charge in [0.15, 0.2) is 5.04 Å². The Hall–Kier alpha value is -1.05. The van der Waals surface area contributed by atoms with Crippen molar-refractivity contribution in [1.82, 2.24) is 5.32 Å². The van der Waals surface area contributed by atoms with Crippen molar-refractivity contribution < 1.29 is 0 Å². The van der Waals surface area contributed by atoms with Gasteiger partial charge in [0.1, 0.15) is 6.07 Å². The van der Waals surface area contributed by atoms with Gasteiger partial charge in [-0.1, -0.05) is 23.9 Å². The third-order valence-corrected chi connectivity index (χ3v) is 4.49. The van der Waals surface area contributed by atoms with Crippen molar-refractivity contribution in [3.05, 3.63) is 23.9 Å². The Bertz CT molecular complexity index is 430. The van der Waals surface area contributed by atoms with Crippen LogP contribution in [-0.4, -0.2) is 22.4 Å². The predicted molar refractivity (Wildman–Crippen MR) is 61.6 cm³/mol. The quantitative estimate of drug-likeness (QED) is 0.627. The van der Waals surface area contributed by atoms with E-state index in [1.807, 2.05) is 0 Å². The Morgan fingerprint density at radius 2 is 2.60 bits per heavy atom. The molecule has 0 aromatic rings. The van der Waals surface area contributed by atoms with Gasteiger partial charge in [0.2, 0.25) is 0 Å². The molecule has 1 N–H and O–H groups in total. The number of thioether (sulfide) groups is 1. The van der Waals surface area contributed by atoms with E-state index < -0.39 is 0 Å². The highest BCUT2D eigenvalue weighted by Gasteiger charge is 2.48. The maximum absolute atomic E-state index is 8.93. The molecule has 0 fully saturated rings. The lowest BCUT2D eigenvalue weighted by Crippen LogP contribution is -2.51. The Kier molecular flexibility index (Phi) is 1.98. The normalized spacial score (nSPS) is 37.4. The first-order valence-electron chi connectivity index (χ1n) is 5.15. The summed E-state index contributed by atoms with van der Waals surface area (Å²) in [6, 6.07) is 2.59. The van der Waals surface area contributed by atoms with Crippen LogP contribution < -0.4 is 5.32 Å². The lowest BCUT2D eigenvalue weighted by atomic mass is 9.84. The maximum Gasteiger partial charge on any atom is 0.175 e. The van der Waals surface area contributed by atoms with Gasteiger partial charge in [0.25, 0.3) is 0 Å². The molecule has 0 amide bonds. The zero-order valence-electron chi connectivity index (χ0n) is 8.23. The third kappa shape index (κ3) is 1.20. The first kappa shape index (κ1) is 9.20. The third-order valence-electron chi connectivity index (χ3n) is 3.15. The molecule has 0 radical (unpaired) electrons. The fourth-order valence-corrected chi connectivity index (χ4v) is 3.71. The summed E-state index contributed by atoms with van der Waals surface area (Å²) in [5, 5.41) is 13.0. The van der Waals surface area contributed by atoms with Gasteiger partial charge in [-0.15, -0.1) is 0 Å². The Morgan fingerprint density at radius 1 is 1.67 bits per heavy atom. The molecule has 3 aliphatic rings. The average molecular weight is 217 g/mol. The van der Waals surface area contributed by atoms with Crippen LogP contribution in [0.15, 0.2) is 28.9 Å². The lowest BCUT2D eigenvalue weighted by molar-refractivity contribution is 0.432. The van der Waals surface area contributed by atoms with E-state index in [2.05, 4.69) is 34.6 Å². The highest BCUT2D eigenvalue weighted by atomic mass is 32.2. The maximum atomic E-state index is 8.93. The summed E-state index contributed by atoms with van der Waals surface area (Å²) in [7, 11) is 0. The number of nitrogens with one attached hydrogen (secondary N) is 1. The second kappa shape index (κ2) is 3.22. The zero-order valence-corrected chi connectivity index (χ0v) is 9.05. The van der Waals surface area contributed by atoms with Crippen LogP contribution >= 0.6 is 11.8 Å². The van der Waals surface area contributed by atoms with Crippen LogP contribution in [0.4, 0.5) is 0 Å². The van der Waals surface area contributed by atoms with Crippen LogP contribution in [-0.2, 0) is 0 Å². The molecule has 15 heavy (non-hydrogen) atoms. The first-order chi connectivity index (χ1) is 7.35. The fraction of sp³-hybridized carbons (Fsp3) is 0.455. The molecule has 76 valence electrons. The van der Waals surface area contributed by atoms with Crippen molar-refractivity contribution >= 4 is 16.8 Å². The Balaban J connectivity index is 2.08. The van der Waals surface area contributed by atoms with Crippen molar-refractivity contribution in [2.24, 2.45) is 4.99 Å². The number of allylic oxidation sites excluding steroid dienone is 1. The number of rotatable bonds is 0. The molecule has 2 heterocycles. The number of nitriles is 1. The Morgan fingerprint density at radius 3 is 3.47 bits per heavy atom. The summed E-state index contributed by atoms with van der Waals surface area (Å²) in [6.07, 6.45) is 8.78. The molecule has 0 aromatic carbocycles. The lowest BCUT2D eigenvalue weighted by Gasteiger charge is -2.40. The van der Waals surface area contributed by atoms with Crippen LogP contribution in [0.25, 0.3) is 0 Å². The molecular weight excluding hydrogens is 206 g/mol. The zero-order chi connectivity index (χ0) is 10.3. The highest BCUT2D eigenvalue weighted by Crippen LogP contribution is 2.48. The van der Waals surface area contributed by atoms with Gasteiger partial charge in [-0.2, -0.15) is 5.26 Å². The van der Waals surface area contributed by atoms with E-state index in [1.54, 1.807) is 11.8 Å². The largest absolute Gasteiger partial charge is 0.308 e. The fourth-order valence-electron chi connectivity index (χ4n) is 2.46. The topological polar surface area (TPSA) is 48.2 Å². The van der Waals surface area contributed by atoms with E-state index in [4.69, 9.17) is 5.26 Å². The van der Waals surface area contributed by atoms with E-state index in [-0.39, 0.29) is 4.75 Å². The summed E-state index contributed by atoms with van der Waals surface area (Å²) < 4.78 is -0.0818. The standard InChI is InChI=1S/C11H11N3S/c12-7-10-14-9-4-6-13-8-3-1-2-5-11(8,9)15-10/h2,4-5,8,13H,1,3,6H2. The second-order valence-electron chi connectivity index (χ2n) is 3.95. The minimum atomic E-state index is -0.0818. The number of hydrogen-bond donors (Lipinski definition) is 1. The highest BCUT2D eigenvalue weighted by molar-refractivity contribution is 8.16. The van der Waals surface area contributed by atoms with Crippen molar-refractivity contribution in [3.63, 3.8) is 0 Å². The molecule has 1 spiro atoms. The predicted octanol–water partition coefficient (Wildman–Crippen LogP) is 1.60. The van der Waals surface area contributed by atoms with Crippen molar-refractivity contribution in [3.8, 4) is 6.07 Å². The van der Waals surface area contributed by atoms with Gasteiger partial charge >= 0.3 is 0 Å². The molecule has 4 heteroatoms. The van der Waals surface area contributed by atoms with E-state index in [0.29, 0.717) is 11.1 Å². The van der Waals surface area contributed by atoms with Crippen molar-refractivity contribution in [2.75, 3.05) is 6.54 Å². The first-order valence-corrected chi connectivity index (χ1v) is 5.96. The van der Waals surface area contributed by atoms with E-state index in [0.717, 1.165) is 25.1 Å². The van der Waals surface area contributed by atoms with Crippen LogP contribution in [0.5, 0.6) is 0 Å². The summed E-state index contributed by atoms with van der Waals surface area (Å²) in [6.45, 7) is 0.873. The van der Waals surface area contributed by atoms with E-state index in [1.165, 1.54) is 0 Å². The van der Waals surface area contributed by atoms with Gasteiger partial charge in [-0.25, -0.2) is 4.99 Å². The SMILES string of the molecule is N#CC1=NC2=CCNC3CCC=CC23S1. The monoisotopic (exact) mass is 217 g/mol. The molecule has 0 saturated carbocycles. The van der Waals surface area contributed by atoms with E-state index >= 15 is 0 Å². The molecule has 2 unspecified atom stereocenters. The number of aliphatic imine (C=N–C) groups is 1. The smallest absolute Gasteiger partial charge is 0.175 e. The van der Waals surface area contributed by atoms with Crippen LogP contribution in [0, 0.1) is 11.3 Å². The van der Waals surface area contributed by atoms with Gasteiger partial charge < -0.3 is 5.32 Å². The van der Waals surface area contributed by atoms with Gasteiger partial charge in [0.05, 0.1) is 10.4 Å². The summed E-state index contributed by atoms with van der Waals surface area (Å²) in [5.41, 5.74) is 1.07. The molecule has 1 aliphatic carbocycles. The van der Waals surface area contributed by atoms with Gasteiger partial charge in [-0.05, 0) is 18.9 Å². The molecule has 0 aromatic heterocycles. The number of nitrogens with zero attached hydrogens (tertiary/aromatic N) is 2. The molecule has 3 rings (SSSR count). The molecule has 3 nitrogen and oxygen atoms in total. The number of hydrogen-bond acceptors (Lipinski definition) is 4. The molecular formula is C11H11N3S. The molecule has 2 atom stereocenters. The van der Waals surface area contributed by atoms with Crippen molar-refractivity contribution in [1.29, 1.82) is 5.26 Å². The molecule has 0 bridgehead atoms. The minimum Gasteiger partial charge on any atom is -0.308 e.